The van der Waals surface area contributed by atoms with Crippen LogP contribution >= 0.6 is 23.2 Å². The molecule has 0 aliphatic carbocycles. The van der Waals surface area contributed by atoms with E-state index in [-0.39, 0.29) is 14.9 Å². The maximum absolute atomic E-state index is 12.5. The van der Waals surface area contributed by atoms with Gasteiger partial charge < -0.3 is 15.2 Å². The number of nitrogens with one attached hydrogen (secondary N) is 2. The van der Waals surface area contributed by atoms with E-state index in [1.165, 1.54) is 19.1 Å². The number of hydrogen-bond donors (Lipinski definition) is 3. The summed E-state index contributed by atoms with van der Waals surface area (Å²) in [6.07, 6.45) is -1.44. The third-order valence-electron chi connectivity index (χ3n) is 4.07. The Bertz CT molecular complexity index is 1070. The first-order valence-electron chi connectivity index (χ1n) is 9.09. The molecule has 0 saturated heterocycles. The van der Waals surface area contributed by atoms with Crippen LogP contribution in [0.25, 0.3) is 0 Å². The van der Waals surface area contributed by atoms with Gasteiger partial charge in [-0.3, -0.25) is 9.59 Å². The number of carbonyl (C=O) groups is 2. The molecule has 3 N–H and O–H groups in total. The summed E-state index contributed by atoms with van der Waals surface area (Å²) >= 11 is 11.6. The summed E-state index contributed by atoms with van der Waals surface area (Å²) in [6, 6.07) is 7.36. The van der Waals surface area contributed by atoms with E-state index in [0.717, 1.165) is 17.2 Å². The summed E-state index contributed by atoms with van der Waals surface area (Å²) in [5.41, 5.74) is 2.42. The number of benzene rings is 2. The molecule has 2 aromatic rings. The third kappa shape index (κ3) is 7.19. The molecule has 31 heavy (non-hydrogen) atoms. The molecule has 11 heteroatoms. The number of sulfonamides is 1. The van der Waals surface area contributed by atoms with E-state index >= 15 is 0 Å². The van der Waals surface area contributed by atoms with Crippen LogP contribution in [0.3, 0.4) is 0 Å². The van der Waals surface area contributed by atoms with E-state index in [1.54, 1.807) is 12.1 Å². The van der Waals surface area contributed by atoms with Crippen molar-refractivity contribution in [2.75, 3.05) is 11.9 Å². The van der Waals surface area contributed by atoms with E-state index < -0.39 is 40.7 Å². The van der Waals surface area contributed by atoms with Gasteiger partial charge in [0, 0.05) is 5.69 Å². The number of aliphatic hydroxyl groups is 1. The lowest BCUT2D eigenvalue weighted by Crippen LogP contribution is -2.48. The number of esters is 1. The van der Waals surface area contributed by atoms with Crippen LogP contribution in [0.2, 0.25) is 10.0 Å². The van der Waals surface area contributed by atoms with Crippen molar-refractivity contribution in [3.05, 3.63) is 57.6 Å². The molecular formula is C20H22Cl2N2O6S. The summed E-state index contributed by atoms with van der Waals surface area (Å²) < 4.78 is 32.1. The number of aryl methyl sites for hydroxylation is 2. The minimum atomic E-state index is -4.24. The van der Waals surface area contributed by atoms with Crippen LogP contribution in [0.15, 0.2) is 41.3 Å². The van der Waals surface area contributed by atoms with Crippen LogP contribution in [-0.4, -0.2) is 44.2 Å². The number of aliphatic hydroxyl groups excluding tert-OH is 1. The predicted molar refractivity (Wildman–Crippen MR) is 118 cm³/mol. The van der Waals surface area contributed by atoms with Crippen molar-refractivity contribution < 1.29 is 27.9 Å². The lowest BCUT2D eigenvalue weighted by Gasteiger charge is -2.20. The Balaban J connectivity index is 2.04. The normalized spacial score (nSPS) is 13.4. The van der Waals surface area contributed by atoms with Crippen LogP contribution in [0.5, 0.6) is 0 Å². The quantitative estimate of drug-likeness (QED) is 0.491. The summed E-state index contributed by atoms with van der Waals surface area (Å²) in [5, 5.41) is 12.6. The lowest BCUT2D eigenvalue weighted by atomic mass is 10.1. The molecule has 0 aromatic heterocycles. The fourth-order valence-corrected chi connectivity index (χ4v) is 4.34. The molecule has 168 valence electrons. The van der Waals surface area contributed by atoms with Crippen LogP contribution < -0.4 is 10.0 Å². The Kier molecular flexibility index (Phi) is 8.44. The molecule has 0 radical (unpaired) electrons. The standard InChI is InChI=1S/C20H22Cl2N2O6S/c1-11-6-12(2)8-14(7-11)23-18(26)10-30-20(27)19(13(3)25)24-31(28,29)15-4-5-16(21)17(22)9-15/h4-9,13,19,24-25H,10H2,1-3H3,(H,23,26). The molecule has 0 fully saturated rings. The summed E-state index contributed by atoms with van der Waals surface area (Å²) in [7, 11) is -4.24. The molecule has 0 spiro atoms. The Morgan fingerprint density at radius 1 is 1.06 bits per heavy atom. The Morgan fingerprint density at radius 3 is 2.23 bits per heavy atom. The zero-order valence-corrected chi connectivity index (χ0v) is 19.3. The van der Waals surface area contributed by atoms with Gasteiger partial charge in [-0.25, -0.2) is 8.42 Å². The smallest absolute Gasteiger partial charge is 0.327 e. The zero-order chi connectivity index (χ0) is 23.3. The summed E-state index contributed by atoms with van der Waals surface area (Å²) in [5.74, 6) is -1.73. The number of amides is 1. The average Bonchev–Trinajstić information content (AvgIpc) is 2.65. The summed E-state index contributed by atoms with van der Waals surface area (Å²) in [6.45, 7) is 4.29. The number of ether oxygens (including phenoxy) is 1. The first-order chi connectivity index (χ1) is 14.4. The molecule has 0 heterocycles. The molecule has 2 aromatic carbocycles. The number of carbonyl (C=O) groups excluding carboxylic acids is 2. The number of rotatable bonds is 8. The minimum Gasteiger partial charge on any atom is -0.454 e. The predicted octanol–water partition coefficient (Wildman–Crippen LogP) is 2.82. The third-order valence-corrected chi connectivity index (χ3v) is 6.25. The fourth-order valence-electron chi connectivity index (χ4n) is 2.69. The van der Waals surface area contributed by atoms with Crippen molar-refractivity contribution in [1.82, 2.24) is 4.72 Å². The molecule has 1 amide bonds. The van der Waals surface area contributed by atoms with E-state index in [1.807, 2.05) is 19.9 Å². The van der Waals surface area contributed by atoms with E-state index in [0.29, 0.717) is 5.69 Å². The van der Waals surface area contributed by atoms with Crippen molar-refractivity contribution >= 4 is 50.8 Å². The van der Waals surface area contributed by atoms with Crippen molar-refractivity contribution in [2.45, 2.75) is 37.8 Å². The van der Waals surface area contributed by atoms with Gasteiger partial charge in [-0.15, -0.1) is 0 Å². The highest BCUT2D eigenvalue weighted by Crippen LogP contribution is 2.25. The van der Waals surface area contributed by atoms with Crippen molar-refractivity contribution in [1.29, 1.82) is 0 Å². The van der Waals surface area contributed by atoms with E-state index in [4.69, 9.17) is 27.9 Å². The van der Waals surface area contributed by atoms with Crippen LogP contribution in [0, 0.1) is 13.8 Å². The van der Waals surface area contributed by atoms with Gasteiger partial charge in [0.1, 0.15) is 6.04 Å². The minimum absolute atomic E-state index is 0.00349. The Morgan fingerprint density at radius 2 is 1.68 bits per heavy atom. The maximum atomic E-state index is 12.5. The number of halogens is 2. The first-order valence-corrected chi connectivity index (χ1v) is 11.3. The van der Waals surface area contributed by atoms with Crippen molar-refractivity contribution in [3.8, 4) is 0 Å². The fraction of sp³-hybridized carbons (Fsp3) is 0.300. The average molecular weight is 489 g/mol. The molecule has 0 saturated carbocycles. The Hall–Kier alpha value is -2.17. The maximum Gasteiger partial charge on any atom is 0.327 e. The highest BCUT2D eigenvalue weighted by atomic mass is 35.5. The van der Waals surface area contributed by atoms with E-state index in [9.17, 15) is 23.1 Å². The number of hydrogen-bond acceptors (Lipinski definition) is 6. The highest BCUT2D eigenvalue weighted by molar-refractivity contribution is 7.89. The Labute approximate surface area is 190 Å². The lowest BCUT2D eigenvalue weighted by molar-refractivity contribution is -0.151. The van der Waals surface area contributed by atoms with Gasteiger partial charge in [-0.2, -0.15) is 4.72 Å². The van der Waals surface area contributed by atoms with Gasteiger partial charge >= 0.3 is 5.97 Å². The molecule has 0 aliphatic heterocycles. The SMILES string of the molecule is Cc1cc(C)cc(NC(=O)COC(=O)C(NS(=O)(=O)c2ccc(Cl)c(Cl)c2)C(C)O)c1. The first kappa shape index (κ1) is 25.1. The van der Waals surface area contributed by atoms with Crippen molar-refractivity contribution in [3.63, 3.8) is 0 Å². The number of anilines is 1. The van der Waals surface area contributed by atoms with Gasteiger partial charge in [-0.1, -0.05) is 29.3 Å². The molecule has 2 rings (SSSR count). The second-order valence-electron chi connectivity index (χ2n) is 6.95. The molecule has 2 unspecified atom stereocenters. The van der Waals surface area contributed by atoms with Gasteiger partial charge in [0.25, 0.3) is 5.91 Å². The second kappa shape index (κ2) is 10.4. The van der Waals surface area contributed by atoms with Gasteiger partial charge in [0.15, 0.2) is 6.61 Å². The molecule has 8 nitrogen and oxygen atoms in total. The second-order valence-corrected chi connectivity index (χ2v) is 9.48. The molecule has 0 bridgehead atoms. The summed E-state index contributed by atoms with van der Waals surface area (Å²) in [4.78, 5) is 24.2. The highest BCUT2D eigenvalue weighted by Gasteiger charge is 2.31. The molecule has 0 aliphatic rings. The van der Waals surface area contributed by atoms with Crippen LogP contribution in [-0.2, 0) is 24.3 Å². The van der Waals surface area contributed by atoms with Gasteiger partial charge in [0.05, 0.1) is 21.0 Å². The molecule has 2 atom stereocenters. The monoisotopic (exact) mass is 488 g/mol. The van der Waals surface area contributed by atoms with E-state index in [2.05, 4.69) is 10.0 Å². The zero-order valence-electron chi connectivity index (χ0n) is 17.0. The van der Waals surface area contributed by atoms with Gasteiger partial charge in [0.2, 0.25) is 10.0 Å². The van der Waals surface area contributed by atoms with Gasteiger partial charge in [-0.05, 0) is 62.2 Å². The van der Waals surface area contributed by atoms with Crippen LogP contribution in [0.1, 0.15) is 18.1 Å². The molecular weight excluding hydrogens is 467 g/mol. The van der Waals surface area contributed by atoms with Crippen LogP contribution in [0.4, 0.5) is 5.69 Å². The largest absolute Gasteiger partial charge is 0.454 e. The topological polar surface area (TPSA) is 122 Å². The van der Waals surface area contributed by atoms with Crippen molar-refractivity contribution in [2.24, 2.45) is 0 Å².